The molecule has 0 heterocycles. The van der Waals surface area contributed by atoms with Crippen LogP contribution in [0.1, 0.15) is 407 Å². The lowest BCUT2D eigenvalue weighted by Crippen LogP contribution is -2.54. The highest BCUT2D eigenvalue weighted by Crippen LogP contribution is 2.71. The summed E-state index contributed by atoms with van der Waals surface area (Å²) < 4.78 is 0. The van der Waals surface area contributed by atoms with E-state index in [1.165, 1.54) is 170 Å². The maximum absolute atomic E-state index is 12.7. The summed E-state index contributed by atoms with van der Waals surface area (Å²) in [6, 6.07) is 0. The minimum absolute atomic E-state index is 0.0616. The van der Waals surface area contributed by atoms with Crippen LogP contribution in [-0.4, -0.2) is 111 Å². The quantitative estimate of drug-likeness (QED) is 0.0845. The minimum Gasteiger partial charge on any atom is -0.396 e. The van der Waals surface area contributed by atoms with Gasteiger partial charge in [-0.3, -0.25) is 19.2 Å². The average molecular weight is 1790 g/mol. The van der Waals surface area contributed by atoms with E-state index in [1.807, 2.05) is 6.08 Å². The third-order valence-electron chi connectivity index (χ3n) is 44.9. The maximum atomic E-state index is 12.7. The zero-order valence-corrected chi connectivity index (χ0v) is 85.1. The third kappa shape index (κ3) is 19.7. The highest BCUT2D eigenvalue weighted by molar-refractivity contribution is 5.93. The molecular formula is C117H190O12. The number of ketones is 3. The summed E-state index contributed by atoms with van der Waals surface area (Å²) in [6.07, 6.45) is 62.1. The van der Waals surface area contributed by atoms with Crippen LogP contribution in [0, 0.1) is 189 Å². The lowest BCUT2D eigenvalue weighted by atomic mass is 9.45. The van der Waals surface area contributed by atoms with Crippen molar-refractivity contribution in [1.82, 2.24) is 0 Å². The monoisotopic (exact) mass is 1790 g/mol. The lowest BCUT2D eigenvalue weighted by Gasteiger charge is -2.60. The Morgan fingerprint density at radius 2 is 0.767 bits per heavy atom. The van der Waals surface area contributed by atoms with E-state index in [2.05, 4.69) is 143 Å². The van der Waals surface area contributed by atoms with Crippen molar-refractivity contribution in [2.75, 3.05) is 39.6 Å². The SMILES string of the molecule is C=C1CC(C=O)=CCC2C1CCC1C(C)(CO)CCCC21C.CC1=CC(=O)C2CCC3C(C)(CO)CCCC3(C)C2CC1.CC1=CCC2C(CCC3C(C)(CO)CCCC23C)C(=O)C1.CC1CC(C=O)CCC2C1CCC1C(C)(CO)CCCC21C.CC1CCC2C(CCC3C(C)(CO)CCCC23C)C(=O)C1.CCC1=CCC2C(CCC3C(C)(CO)CCCC23C)C(O)C1. The van der Waals surface area contributed by atoms with E-state index >= 15 is 0 Å². The fraction of sp³-hybridized carbons (Fsp3) is 0.872. The number of aliphatic hydroxyl groups excluding tert-OH is 7. The molecule has 18 aliphatic rings. The molecule has 12 heteroatoms. The van der Waals surface area contributed by atoms with Gasteiger partial charge in [0.1, 0.15) is 24.1 Å². The predicted octanol–water partition coefficient (Wildman–Crippen LogP) is 25.5. The molecule has 730 valence electrons. The first-order valence-corrected chi connectivity index (χ1v) is 54.3. The zero-order chi connectivity index (χ0) is 93.6. The van der Waals surface area contributed by atoms with Gasteiger partial charge < -0.3 is 40.5 Å². The Labute approximate surface area is 785 Å². The highest BCUT2D eigenvalue weighted by Gasteiger charge is 2.64. The van der Waals surface area contributed by atoms with Crippen LogP contribution in [0.15, 0.2) is 58.7 Å². The third-order valence-corrected chi connectivity index (χ3v) is 44.9. The van der Waals surface area contributed by atoms with E-state index in [1.54, 1.807) is 0 Å². The molecule has 129 heavy (non-hydrogen) atoms. The molecule has 0 spiro atoms. The van der Waals surface area contributed by atoms with Gasteiger partial charge in [0.2, 0.25) is 0 Å². The molecule has 14 fully saturated rings. The smallest absolute Gasteiger partial charge is 0.158 e. The van der Waals surface area contributed by atoms with Crippen molar-refractivity contribution < 1.29 is 59.7 Å². The lowest BCUT2D eigenvalue weighted by molar-refractivity contribution is -0.144. The number of hydrogen-bond donors (Lipinski definition) is 7. The fourth-order valence-electron chi connectivity index (χ4n) is 37.6. The van der Waals surface area contributed by atoms with Gasteiger partial charge in [-0.25, -0.2) is 0 Å². The van der Waals surface area contributed by atoms with Crippen molar-refractivity contribution in [3.05, 3.63) is 58.7 Å². The number of aliphatic hydroxyl groups is 7. The molecule has 0 aromatic heterocycles. The van der Waals surface area contributed by atoms with Crippen LogP contribution < -0.4 is 0 Å². The summed E-state index contributed by atoms with van der Waals surface area (Å²) in [7, 11) is 0. The standard InChI is InChI=1S/C20H34O2.C20H30O2.C20H34O2.C19H32O2.2C19H30O2/c2*1-14-11-15(12-21)5-7-17-16(14)6-8-18-19(2,13-22)9-4-10-20(17,18)3;1-4-14-6-8-16-15(17(22)12-14)7-9-18-19(2,13-21)10-5-11-20(16,18)3;3*1-13-5-7-15-14(16(21)11-13)6-8-17-18(2,12-20)9-4-10-19(15,17)3/h12,14-18,22H,4-11,13H2,1-3H3;5,12,16-18,22H,1,4,6-11,13H2,2-3H3;6,15-18,21-22H,4-5,7-13H2,1-3H3;13-15,17,20H,4-12H2,1-3H3;11,14-15,17,20H,4-10,12H2,1-3H3;5,14-15,17,20H,4,6-12H2,1-3H3. The summed E-state index contributed by atoms with van der Waals surface area (Å²) in [5.41, 5.74) is 8.33. The molecule has 0 saturated heterocycles. The van der Waals surface area contributed by atoms with Gasteiger partial charge in [0.15, 0.2) is 5.78 Å². The van der Waals surface area contributed by atoms with Crippen LogP contribution in [0.2, 0.25) is 0 Å². The highest BCUT2D eigenvalue weighted by atomic mass is 16.3. The Kier molecular flexibility index (Phi) is 32.8. The Balaban J connectivity index is 0.000000132. The molecule has 0 amide bonds. The molecule has 18 aliphatic carbocycles. The summed E-state index contributed by atoms with van der Waals surface area (Å²) in [5, 5.41) is 70.8. The van der Waals surface area contributed by atoms with Gasteiger partial charge in [-0.05, 0) is 429 Å². The van der Waals surface area contributed by atoms with Gasteiger partial charge >= 0.3 is 0 Å². The van der Waals surface area contributed by atoms with E-state index in [9.17, 15) is 59.7 Å². The molecule has 0 radical (unpaired) electrons. The van der Waals surface area contributed by atoms with Crippen LogP contribution in [0.5, 0.6) is 0 Å². The fourth-order valence-corrected chi connectivity index (χ4v) is 37.6. The first-order valence-electron chi connectivity index (χ1n) is 54.3. The molecule has 18 rings (SSSR count). The van der Waals surface area contributed by atoms with Crippen LogP contribution in [0.4, 0.5) is 0 Å². The first-order chi connectivity index (χ1) is 61.0. The van der Waals surface area contributed by atoms with Gasteiger partial charge in [0.25, 0.3) is 0 Å². The summed E-state index contributed by atoms with van der Waals surface area (Å²) in [5.74, 6) is 12.7. The molecule has 0 aromatic carbocycles. The van der Waals surface area contributed by atoms with Crippen LogP contribution in [0.3, 0.4) is 0 Å². The van der Waals surface area contributed by atoms with Gasteiger partial charge in [-0.2, -0.15) is 0 Å². The zero-order valence-electron chi connectivity index (χ0n) is 85.1. The van der Waals surface area contributed by atoms with Gasteiger partial charge in [-0.15, -0.1) is 0 Å². The van der Waals surface area contributed by atoms with Crippen molar-refractivity contribution in [2.45, 2.75) is 413 Å². The second-order valence-corrected chi connectivity index (χ2v) is 52.3. The number of aldehydes is 2. The Bertz CT molecular complexity index is 3980. The van der Waals surface area contributed by atoms with Gasteiger partial charge in [0.05, 0.1) is 6.10 Å². The van der Waals surface area contributed by atoms with E-state index in [0.29, 0.717) is 169 Å². The number of hydrogen-bond acceptors (Lipinski definition) is 12. The van der Waals surface area contributed by atoms with E-state index in [0.717, 1.165) is 165 Å². The van der Waals surface area contributed by atoms with E-state index in [-0.39, 0.29) is 78.0 Å². The first kappa shape index (κ1) is 103. The number of rotatable bonds is 9. The molecule has 12 nitrogen and oxygen atoms in total. The second-order valence-electron chi connectivity index (χ2n) is 52.3. The molecule has 7 N–H and O–H groups in total. The molecule has 0 aliphatic heterocycles. The average Bonchev–Trinajstić information content (AvgIpc) is 1.71. The topological polar surface area (TPSA) is 227 Å². The van der Waals surface area contributed by atoms with Crippen LogP contribution in [0.25, 0.3) is 0 Å². The molecular weight excluding hydrogens is 1600 g/mol. The summed E-state index contributed by atoms with van der Waals surface area (Å²) in [6.45, 7) is 45.8. The Morgan fingerprint density at radius 1 is 0.388 bits per heavy atom. The number of allylic oxidation sites excluding steroid dienone is 8. The predicted molar refractivity (Wildman–Crippen MR) is 524 cm³/mol. The van der Waals surface area contributed by atoms with E-state index in [4.69, 9.17) is 0 Å². The Hall–Kier alpha value is -3.23. The summed E-state index contributed by atoms with van der Waals surface area (Å²) >= 11 is 0. The molecule has 0 bridgehead atoms. The number of Topliss-reactive ketones (excluding diaryl/α,β-unsaturated/α-hetero) is 2. The van der Waals surface area contributed by atoms with Crippen LogP contribution >= 0.6 is 0 Å². The number of fused-ring (bicyclic) bond motifs is 18. The van der Waals surface area contributed by atoms with Crippen molar-refractivity contribution in [2.24, 2.45) is 189 Å². The molecule has 14 saturated carbocycles. The number of carbonyl (C=O) groups excluding carboxylic acids is 5. The van der Waals surface area contributed by atoms with Crippen LogP contribution in [-0.2, 0) is 24.0 Å². The number of carbonyl (C=O) groups is 5. The summed E-state index contributed by atoms with van der Waals surface area (Å²) in [4.78, 5) is 60.4. The second kappa shape index (κ2) is 41.1. The Morgan fingerprint density at radius 3 is 1.22 bits per heavy atom. The van der Waals surface area contributed by atoms with Crippen molar-refractivity contribution in [3.63, 3.8) is 0 Å². The van der Waals surface area contributed by atoms with Gasteiger partial charge in [-0.1, -0.05) is 189 Å². The molecule has 0 aromatic rings. The van der Waals surface area contributed by atoms with Crippen molar-refractivity contribution in [1.29, 1.82) is 0 Å². The van der Waals surface area contributed by atoms with Crippen molar-refractivity contribution >= 4 is 29.9 Å². The largest absolute Gasteiger partial charge is 0.396 e. The minimum atomic E-state index is -0.154. The normalized spacial score (nSPS) is 48.6. The molecule has 34 atom stereocenters. The van der Waals surface area contributed by atoms with Crippen molar-refractivity contribution in [3.8, 4) is 0 Å². The molecule has 34 unspecified atom stereocenters. The van der Waals surface area contributed by atoms with Gasteiger partial charge in [0, 0.05) is 76.2 Å². The maximum Gasteiger partial charge on any atom is 0.158 e. The van der Waals surface area contributed by atoms with E-state index < -0.39 is 0 Å².